The van der Waals surface area contributed by atoms with Crippen molar-refractivity contribution in [2.45, 2.75) is 20.8 Å². The number of phenols is 1. The van der Waals surface area contributed by atoms with Crippen LogP contribution in [0.1, 0.15) is 29.8 Å². The molecule has 3 nitrogen and oxygen atoms in total. The number of hydrogen-bond donors (Lipinski definition) is 1. The maximum atomic E-state index is 11.9. The highest BCUT2D eigenvalue weighted by molar-refractivity contribution is 6.32. The van der Waals surface area contributed by atoms with Crippen molar-refractivity contribution < 1.29 is 9.90 Å². The van der Waals surface area contributed by atoms with E-state index < -0.39 is 0 Å². The molecule has 0 amide bonds. The summed E-state index contributed by atoms with van der Waals surface area (Å²) in [5.41, 5.74) is 0.979. The van der Waals surface area contributed by atoms with Crippen LogP contribution in [-0.4, -0.2) is 28.9 Å². The molecular formula is C14H18ClNO2. The van der Waals surface area contributed by atoms with E-state index in [1.54, 1.807) is 13.1 Å². The van der Waals surface area contributed by atoms with Gasteiger partial charge in [0.2, 0.25) is 0 Å². The number of allylic oxidation sites excluding steroid dienone is 1. The summed E-state index contributed by atoms with van der Waals surface area (Å²) in [5.74, 6) is -0.285. The van der Waals surface area contributed by atoms with E-state index in [1.807, 2.05) is 18.7 Å². The summed E-state index contributed by atoms with van der Waals surface area (Å²) in [5, 5.41) is 10.2. The van der Waals surface area contributed by atoms with E-state index in [-0.39, 0.29) is 17.1 Å². The molecule has 0 unspecified atom stereocenters. The zero-order chi connectivity index (χ0) is 13.7. The fraction of sp³-hybridized carbons (Fsp3) is 0.357. The van der Waals surface area contributed by atoms with Gasteiger partial charge in [0.1, 0.15) is 5.75 Å². The first-order valence-corrected chi connectivity index (χ1v) is 6.33. The number of rotatable bonds is 5. The number of halogens is 1. The minimum Gasteiger partial charge on any atom is -0.507 e. The van der Waals surface area contributed by atoms with Crippen LogP contribution < -0.4 is 0 Å². The number of carbonyl (C=O) groups is 1. The van der Waals surface area contributed by atoms with Crippen molar-refractivity contribution in [3.05, 3.63) is 40.6 Å². The van der Waals surface area contributed by atoms with Crippen LogP contribution in [0.2, 0.25) is 5.02 Å². The standard InChI is InChI=1S/C14H18ClNO2/c1-4-16(5-2)7-6-13(17)11-9-12(15)10(3)8-14(11)18/h6-9,18H,4-5H2,1-3H3. The molecule has 18 heavy (non-hydrogen) atoms. The molecule has 1 aromatic carbocycles. The largest absolute Gasteiger partial charge is 0.507 e. The first-order chi connectivity index (χ1) is 8.49. The lowest BCUT2D eigenvalue weighted by molar-refractivity contribution is 0.104. The molecule has 0 heterocycles. The van der Waals surface area contributed by atoms with Crippen LogP contribution in [-0.2, 0) is 0 Å². The van der Waals surface area contributed by atoms with Gasteiger partial charge in [-0.3, -0.25) is 4.79 Å². The molecule has 0 radical (unpaired) electrons. The Labute approximate surface area is 113 Å². The minimum absolute atomic E-state index is 0.0360. The average molecular weight is 268 g/mol. The van der Waals surface area contributed by atoms with E-state index in [9.17, 15) is 9.90 Å². The molecule has 0 fully saturated rings. The van der Waals surface area contributed by atoms with Gasteiger partial charge in [-0.2, -0.15) is 0 Å². The van der Waals surface area contributed by atoms with E-state index in [0.717, 1.165) is 18.7 Å². The Bertz CT molecular complexity index is 465. The van der Waals surface area contributed by atoms with Crippen molar-refractivity contribution in [1.29, 1.82) is 0 Å². The number of ketones is 1. The van der Waals surface area contributed by atoms with Crippen molar-refractivity contribution in [3.63, 3.8) is 0 Å². The molecule has 1 rings (SSSR count). The van der Waals surface area contributed by atoms with E-state index >= 15 is 0 Å². The maximum absolute atomic E-state index is 11.9. The molecule has 0 bridgehead atoms. The molecule has 4 heteroatoms. The SMILES string of the molecule is CCN(C=CC(=O)c1cc(Cl)c(C)cc1O)CC. The zero-order valence-electron chi connectivity index (χ0n) is 10.9. The van der Waals surface area contributed by atoms with Gasteiger partial charge in [-0.25, -0.2) is 0 Å². The Morgan fingerprint density at radius 1 is 1.39 bits per heavy atom. The summed E-state index contributed by atoms with van der Waals surface area (Å²) in [4.78, 5) is 13.9. The molecule has 0 aliphatic heterocycles. The van der Waals surface area contributed by atoms with Crippen molar-refractivity contribution in [2.24, 2.45) is 0 Å². The van der Waals surface area contributed by atoms with Crippen molar-refractivity contribution in [3.8, 4) is 5.75 Å². The van der Waals surface area contributed by atoms with Crippen molar-refractivity contribution in [2.75, 3.05) is 13.1 Å². The highest BCUT2D eigenvalue weighted by Gasteiger charge is 2.11. The van der Waals surface area contributed by atoms with Gasteiger partial charge in [-0.1, -0.05) is 11.6 Å². The van der Waals surface area contributed by atoms with Gasteiger partial charge in [0.25, 0.3) is 0 Å². The van der Waals surface area contributed by atoms with E-state index in [2.05, 4.69) is 0 Å². The summed E-state index contributed by atoms with van der Waals surface area (Å²) in [6.45, 7) is 7.47. The third-order valence-corrected chi connectivity index (χ3v) is 3.20. The molecule has 0 aromatic heterocycles. The van der Waals surface area contributed by atoms with Gasteiger partial charge < -0.3 is 10.0 Å². The second-order valence-corrected chi connectivity index (χ2v) is 4.43. The van der Waals surface area contributed by atoms with E-state index in [4.69, 9.17) is 11.6 Å². The van der Waals surface area contributed by atoms with Crippen LogP contribution in [0.5, 0.6) is 5.75 Å². The first-order valence-electron chi connectivity index (χ1n) is 5.95. The maximum Gasteiger partial charge on any atom is 0.191 e. The number of carbonyl (C=O) groups excluding carboxylic acids is 1. The highest BCUT2D eigenvalue weighted by Crippen LogP contribution is 2.26. The normalized spacial score (nSPS) is 10.9. The fourth-order valence-electron chi connectivity index (χ4n) is 1.56. The molecule has 1 N–H and O–H groups in total. The monoisotopic (exact) mass is 267 g/mol. The second kappa shape index (κ2) is 6.45. The number of aromatic hydroxyl groups is 1. The second-order valence-electron chi connectivity index (χ2n) is 4.02. The number of benzene rings is 1. The lowest BCUT2D eigenvalue weighted by Crippen LogP contribution is -2.15. The molecule has 98 valence electrons. The lowest BCUT2D eigenvalue weighted by atomic mass is 10.1. The molecule has 0 aliphatic rings. The molecule has 0 atom stereocenters. The summed E-state index contributed by atoms with van der Waals surface area (Å²) in [7, 11) is 0. The Morgan fingerprint density at radius 3 is 2.56 bits per heavy atom. The van der Waals surface area contributed by atoms with Gasteiger partial charge in [-0.15, -0.1) is 0 Å². The molecular weight excluding hydrogens is 250 g/mol. The molecule has 0 spiro atoms. The van der Waals surface area contributed by atoms with Gasteiger partial charge in [0.15, 0.2) is 5.78 Å². The number of nitrogens with zero attached hydrogens (tertiary/aromatic N) is 1. The summed E-state index contributed by atoms with van der Waals surface area (Å²) in [6, 6.07) is 3.00. The van der Waals surface area contributed by atoms with Gasteiger partial charge in [0.05, 0.1) is 5.56 Å². The minimum atomic E-state index is -0.249. The van der Waals surface area contributed by atoms with Crippen LogP contribution >= 0.6 is 11.6 Å². The summed E-state index contributed by atoms with van der Waals surface area (Å²) in [6.07, 6.45) is 3.18. The third kappa shape index (κ3) is 3.50. The quantitative estimate of drug-likeness (QED) is 0.657. The highest BCUT2D eigenvalue weighted by atomic mass is 35.5. The van der Waals surface area contributed by atoms with Crippen LogP contribution in [0.4, 0.5) is 0 Å². The van der Waals surface area contributed by atoms with Gasteiger partial charge in [-0.05, 0) is 38.5 Å². The summed E-state index contributed by atoms with van der Waals surface area (Å²) < 4.78 is 0. The number of phenolic OH excluding ortho intramolecular Hbond substituents is 1. The molecule has 0 aliphatic carbocycles. The van der Waals surface area contributed by atoms with Crippen molar-refractivity contribution >= 4 is 17.4 Å². The smallest absolute Gasteiger partial charge is 0.191 e. The Kier molecular flexibility index (Phi) is 5.23. The van der Waals surface area contributed by atoms with E-state index in [0.29, 0.717) is 5.02 Å². The number of aryl methyl sites for hydroxylation is 1. The zero-order valence-corrected chi connectivity index (χ0v) is 11.7. The van der Waals surface area contributed by atoms with Crippen LogP contribution in [0, 0.1) is 6.92 Å². The Morgan fingerprint density at radius 2 is 2.00 bits per heavy atom. The predicted octanol–water partition coefficient (Wildman–Crippen LogP) is 3.39. The first kappa shape index (κ1) is 14.6. The Balaban J connectivity index is 2.94. The topological polar surface area (TPSA) is 40.5 Å². The van der Waals surface area contributed by atoms with Crippen LogP contribution in [0.15, 0.2) is 24.4 Å². The van der Waals surface area contributed by atoms with E-state index in [1.165, 1.54) is 18.2 Å². The Hall–Kier alpha value is -1.48. The average Bonchev–Trinajstić information content (AvgIpc) is 2.34. The van der Waals surface area contributed by atoms with Crippen LogP contribution in [0.3, 0.4) is 0 Å². The molecule has 0 saturated carbocycles. The predicted molar refractivity (Wildman–Crippen MR) is 74.2 cm³/mol. The fourth-order valence-corrected chi connectivity index (χ4v) is 1.72. The van der Waals surface area contributed by atoms with Crippen molar-refractivity contribution in [1.82, 2.24) is 4.90 Å². The van der Waals surface area contributed by atoms with Crippen LogP contribution in [0.25, 0.3) is 0 Å². The number of hydrogen-bond acceptors (Lipinski definition) is 3. The van der Waals surface area contributed by atoms with Gasteiger partial charge in [0, 0.05) is 30.4 Å². The third-order valence-electron chi connectivity index (χ3n) is 2.79. The molecule has 0 saturated heterocycles. The lowest BCUT2D eigenvalue weighted by Gasteiger charge is -2.14. The summed E-state index contributed by atoms with van der Waals surface area (Å²) >= 11 is 5.95. The molecule has 1 aromatic rings. The van der Waals surface area contributed by atoms with Gasteiger partial charge >= 0.3 is 0 Å².